The van der Waals surface area contributed by atoms with E-state index in [1.54, 1.807) is 24.3 Å². The van der Waals surface area contributed by atoms with E-state index < -0.39 is 0 Å². The summed E-state index contributed by atoms with van der Waals surface area (Å²) in [7, 11) is 0. The normalized spacial score (nSPS) is 13.6. The molecule has 3 N–H and O–H groups in total. The van der Waals surface area contributed by atoms with Crippen molar-refractivity contribution < 1.29 is 9.59 Å². The van der Waals surface area contributed by atoms with E-state index >= 15 is 0 Å². The topological polar surface area (TPSA) is 75.4 Å². The van der Waals surface area contributed by atoms with Gasteiger partial charge in [-0.15, -0.1) is 0 Å². The Morgan fingerprint density at radius 1 is 1.19 bits per heavy atom. The van der Waals surface area contributed by atoms with Crippen molar-refractivity contribution in [2.75, 3.05) is 22.5 Å². The lowest BCUT2D eigenvalue weighted by molar-refractivity contribution is -0.115. The standard InChI is InChI=1S/C16H15N3O2/c1-10-5-4-6-11(15(10)17)16(21)19-9-14(20)18-12-7-2-3-8-13(12)19/h2-8H,9,17H2,1H3,(H,18,20). The van der Waals surface area contributed by atoms with Crippen LogP contribution >= 0.6 is 0 Å². The zero-order valence-electron chi connectivity index (χ0n) is 11.6. The molecule has 0 atom stereocenters. The van der Waals surface area contributed by atoms with Gasteiger partial charge in [0.15, 0.2) is 0 Å². The molecule has 2 aromatic rings. The highest BCUT2D eigenvalue weighted by molar-refractivity contribution is 6.16. The molecule has 0 radical (unpaired) electrons. The molecule has 21 heavy (non-hydrogen) atoms. The number of fused-ring (bicyclic) bond motifs is 1. The largest absolute Gasteiger partial charge is 0.398 e. The van der Waals surface area contributed by atoms with Crippen LogP contribution in [0.15, 0.2) is 42.5 Å². The molecule has 2 aromatic carbocycles. The minimum Gasteiger partial charge on any atom is -0.398 e. The molecule has 0 aliphatic carbocycles. The number of para-hydroxylation sites is 3. The number of aryl methyl sites for hydroxylation is 1. The Hall–Kier alpha value is -2.82. The third-order valence-electron chi connectivity index (χ3n) is 3.57. The number of nitrogens with two attached hydrogens (primary N) is 1. The van der Waals surface area contributed by atoms with Gasteiger partial charge in [0.1, 0.15) is 6.54 Å². The Kier molecular flexibility index (Phi) is 3.10. The number of carbonyl (C=O) groups is 2. The fraction of sp³-hybridized carbons (Fsp3) is 0.125. The van der Waals surface area contributed by atoms with Gasteiger partial charge in [0.25, 0.3) is 5.91 Å². The highest BCUT2D eigenvalue weighted by atomic mass is 16.2. The number of benzene rings is 2. The van der Waals surface area contributed by atoms with Crippen LogP contribution in [0.1, 0.15) is 15.9 Å². The van der Waals surface area contributed by atoms with Crippen LogP contribution in [0, 0.1) is 6.92 Å². The number of nitrogens with zero attached hydrogens (tertiary/aromatic N) is 1. The number of nitrogen functional groups attached to an aromatic ring is 1. The number of hydrogen-bond donors (Lipinski definition) is 2. The van der Waals surface area contributed by atoms with Gasteiger partial charge in [0, 0.05) is 5.69 Å². The van der Waals surface area contributed by atoms with E-state index in [2.05, 4.69) is 5.32 Å². The molecule has 5 heteroatoms. The number of amides is 2. The van der Waals surface area contributed by atoms with Crippen LogP contribution in [-0.4, -0.2) is 18.4 Å². The maximum absolute atomic E-state index is 12.7. The first-order chi connectivity index (χ1) is 10.1. The quantitative estimate of drug-likeness (QED) is 0.787. The smallest absolute Gasteiger partial charge is 0.260 e. The van der Waals surface area contributed by atoms with Gasteiger partial charge in [-0.3, -0.25) is 14.5 Å². The maximum Gasteiger partial charge on any atom is 0.260 e. The average Bonchev–Trinajstić information content (AvgIpc) is 2.48. The summed E-state index contributed by atoms with van der Waals surface area (Å²) in [5, 5.41) is 2.76. The molecule has 0 spiro atoms. The van der Waals surface area contributed by atoms with Crippen molar-refractivity contribution in [1.82, 2.24) is 0 Å². The molecule has 1 aliphatic heterocycles. The first kappa shape index (κ1) is 13.2. The van der Waals surface area contributed by atoms with Gasteiger partial charge in [0.2, 0.25) is 5.91 Å². The Morgan fingerprint density at radius 2 is 1.95 bits per heavy atom. The molecule has 5 nitrogen and oxygen atoms in total. The molecule has 0 saturated heterocycles. The van der Waals surface area contributed by atoms with Crippen LogP contribution in [0.5, 0.6) is 0 Å². The van der Waals surface area contributed by atoms with Gasteiger partial charge in [-0.2, -0.15) is 0 Å². The third kappa shape index (κ3) is 2.23. The van der Waals surface area contributed by atoms with Gasteiger partial charge in [-0.25, -0.2) is 0 Å². The molecule has 0 saturated carbocycles. The number of hydrogen-bond acceptors (Lipinski definition) is 3. The van der Waals surface area contributed by atoms with Crippen molar-refractivity contribution in [2.45, 2.75) is 6.92 Å². The van der Waals surface area contributed by atoms with E-state index in [1.807, 2.05) is 25.1 Å². The predicted octanol–water partition coefficient (Wildman–Crippen LogP) is 2.18. The van der Waals surface area contributed by atoms with Crippen molar-refractivity contribution in [1.29, 1.82) is 0 Å². The van der Waals surface area contributed by atoms with Crippen molar-refractivity contribution in [3.63, 3.8) is 0 Å². The highest BCUT2D eigenvalue weighted by Gasteiger charge is 2.28. The van der Waals surface area contributed by atoms with Crippen LogP contribution in [0.2, 0.25) is 0 Å². The molecular weight excluding hydrogens is 266 g/mol. The molecule has 0 aromatic heterocycles. The summed E-state index contributed by atoms with van der Waals surface area (Å²) in [4.78, 5) is 26.0. The number of rotatable bonds is 1. The second-order valence-electron chi connectivity index (χ2n) is 4.99. The van der Waals surface area contributed by atoms with Crippen molar-refractivity contribution >= 4 is 28.9 Å². The van der Waals surface area contributed by atoms with Gasteiger partial charge < -0.3 is 11.1 Å². The molecule has 3 rings (SSSR count). The molecule has 0 bridgehead atoms. The zero-order valence-corrected chi connectivity index (χ0v) is 11.6. The first-order valence-electron chi connectivity index (χ1n) is 6.64. The third-order valence-corrected chi connectivity index (χ3v) is 3.57. The second kappa shape index (κ2) is 4.94. The summed E-state index contributed by atoms with van der Waals surface area (Å²) in [6, 6.07) is 12.5. The van der Waals surface area contributed by atoms with E-state index in [4.69, 9.17) is 5.73 Å². The van der Waals surface area contributed by atoms with E-state index in [1.165, 1.54) is 4.90 Å². The van der Waals surface area contributed by atoms with Gasteiger partial charge >= 0.3 is 0 Å². The number of nitrogens with one attached hydrogen (secondary N) is 1. The Balaban J connectivity index is 2.06. The molecule has 106 valence electrons. The lowest BCUT2D eigenvalue weighted by Crippen LogP contribution is -2.42. The average molecular weight is 281 g/mol. The summed E-state index contributed by atoms with van der Waals surface area (Å²) in [5.74, 6) is -0.480. The van der Waals surface area contributed by atoms with Crippen LogP contribution in [0.25, 0.3) is 0 Å². The fourth-order valence-corrected chi connectivity index (χ4v) is 2.43. The van der Waals surface area contributed by atoms with Crippen LogP contribution in [-0.2, 0) is 4.79 Å². The summed E-state index contributed by atoms with van der Waals surface area (Å²) in [5.41, 5.74) is 9.02. The highest BCUT2D eigenvalue weighted by Crippen LogP contribution is 2.31. The van der Waals surface area contributed by atoms with Gasteiger partial charge in [0.05, 0.1) is 16.9 Å². The van der Waals surface area contributed by atoms with Crippen molar-refractivity contribution in [3.05, 3.63) is 53.6 Å². The number of anilines is 3. The molecule has 2 amide bonds. The summed E-state index contributed by atoms with van der Waals surface area (Å²) in [6.07, 6.45) is 0. The SMILES string of the molecule is Cc1cccc(C(=O)N2CC(=O)Nc3ccccc32)c1N. The fourth-order valence-electron chi connectivity index (χ4n) is 2.43. The molecule has 1 aliphatic rings. The minimum absolute atomic E-state index is 0.0107. The van der Waals surface area contributed by atoms with Crippen LogP contribution < -0.4 is 16.0 Å². The van der Waals surface area contributed by atoms with Gasteiger partial charge in [-0.05, 0) is 30.7 Å². The first-order valence-corrected chi connectivity index (χ1v) is 6.64. The minimum atomic E-state index is -0.265. The summed E-state index contributed by atoms with van der Waals surface area (Å²) >= 11 is 0. The molecule has 1 heterocycles. The zero-order chi connectivity index (χ0) is 15.0. The van der Waals surface area contributed by atoms with Crippen molar-refractivity contribution in [3.8, 4) is 0 Å². The summed E-state index contributed by atoms with van der Waals surface area (Å²) in [6.45, 7) is 1.84. The Bertz CT molecular complexity index is 740. The van der Waals surface area contributed by atoms with E-state index in [0.29, 0.717) is 22.6 Å². The van der Waals surface area contributed by atoms with E-state index in [-0.39, 0.29) is 18.4 Å². The second-order valence-corrected chi connectivity index (χ2v) is 4.99. The van der Waals surface area contributed by atoms with E-state index in [0.717, 1.165) is 5.56 Å². The van der Waals surface area contributed by atoms with Crippen LogP contribution in [0.4, 0.5) is 17.1 Å². The predicted molar refractivity (Wildman–Crippen MR) is 82.3 cm³/mol. The lowest BCUT2D eigenvalue weighted by Gasteiger charge is -2.29. The molecular formula is C16H15N3O2. The Labute approximate surface area is 122 Å². The van der Waals surface area contributed by atoms with Crippen LogP contribution in [0.3, 0.4) is 0 Å². The maximum atomic E-state index is 12.7. The molecule has 0 fully saturated rings. The lowest BCUT2D eigenvalue weighted by atomic mass is 10.1. The number of carbonyl (C=O) groups excluding carboxylic acids is 2. The Morgan fingerprint density at radius 3 is 2.76 bits per heavy atom. The van der Waals surface area contributed by atoms with Crippen molar-refractivity contribution in [2.24, 2.45) is 0 Å². The summed E-state index contributed by atoms with van der Waals surface area (Å²) < 4.78 is 0. The van der Waals surface area contributed by atoms with E-state index in [9.17, 15) is 9.59 Å². The van der Waals surface area contributed by atoms with Gasteiger partial charge in [-0.1, -0.05) is 24.3 Å². The molecule has 0 unspecified atom stereocenters. The monoisotopic (exact) mass is 281 g/mol.